The van der Waals surface area contributed by atoms with Crippen molar-refractivity contribution in [3.63, 3.8) is 0 Å². The van der Waals surface area contributed by atoms with Crippen LogP contribution in [0, 0.1) is 25.0 Å². The third-order valence-corrected chi connectivity index (χ3v) is 2.37. The molecule has 0 unspecified atom stereocenters. The number of halogens is 3. The summed E-state index contributed by atoms with van der Waals surface area (Å²) >= 11 is 1.62. The van der Waals surface area contributed by atoms with Gasteiger partial charge >= 0.3 is 5.82 Å². The van der Waals surface area contributed by atoms with Crippen molar-refractivity contribution in [1.82, 2.24) is 4.98 Å². The van der Waals surface area contributed by atoms with Gasteiger partial charge in [0.25, 0.3) is 6.43 Å². The topological polar surface area (TPSA) is 79.8 Å². The number of nitrogens with zero attached hydrogens (tertiary/aromatic N) is 3. The molecular weight excluding hydrogens is 323 g/mol. The normalized spacial score (nSPS) is 10.1. The van der Waals surface area contributed by atoms with Gasteiger partial charge in [0.05, 0.1) is 9.13 Å². The first kappa shape index (κ1) is 11.7. The fourth-order valence-electron chi connectivity index (χ4n) is 0.958. The zero-order valence-corrected chi connectivity index (χ0v) is 9.10. The van der Waals surface area contributed by atoms with Crippen molar-refractivity contribution in [2.75, 3.05) is 0 Å². The molecule has 0 radical (unpaired) electrons. The Kier molecular flexibility index (Phi) is 3.46. The lowest BCUT2D eigenvalue weighted by atomic mass is 10.1. The molecule has 0 saturated carbocycles. The van der Waals surface area contributed by atoms with Gasteiger partial charge in [0, 0.05) is 0 Å². The summed E-state index contributed by atoms with van der Waals surface area (Å²) < 4.78 is 25.2. The molecule has 0 spiro atoms. The van der Waals surface area contributed by atoms with E-state index in [-0.39, 0.29) is 3.57 Å². The number of nitro groups is 1. The van der Waals surface area contributed by atoms with Gasteiger partial charge < -0.3 is 10.1 Å². The largest absolute Gasteiger partial charge is 0.373 e. The predicted molar refractivity (Wildman–Crippen MR) is 53.3 cm³/mol. The van der Waals surface area contributed by atoms with Crippen LogP contribution in [0.1, 0.15) is 17.6 Å². The summed E-state index contributed by atoms with van der Waals surface area (Å²) in [6, 6.07) is 1.51. The van der Waals surface area contributed by atoms with Crippen LogP contribution in [-0.2, 0) is 0 Å². The molecule has 1 heterocycles. The summed E-state index contributed by atoms with van der Waals surface area (Å²) in [6.45, 7) is 0. The lowest BCUT2D eigenvalue weighted by molar-refractivity contribution is -0.391. The van der Waals surface area contributed by atoms with Crippen LogP contribution in [0.2, 0.25) is 0 Å². The van der Waals surface area contributed by atoms with E-state index in [1.54, 1.807) is 22.6 Å². The highest BCUT2D eigenvalue weighted by Gasteiger charge is 2.29. The first-order chi connectivity index (χ1) is 6.99. The molecule has 15 heavy (non-hydrogen) atoms. The summed E-state index contributed by atoms with van der Waals surface area (Å²) in [7, 11) is 0. The van der Waals surface area contributed by atoms with Gasteiger partial charge in [-0.3, -0.25) is 0 Å². The summed E-state index contributed by atoms with van der Waals surface area (Å²) in [6.07, 6.45) is -2.08. The van der Waals surface area contributed by atoms with E-state index < -0.39 is 28.3 Å². The van der Waals surface area contributed by atoms with Crippen LogP contribution in [0.4, 0.5) is 14.6 Å². The standard InChI is InChI=1S/C7H2F2IN3O2/c8-6(9)5-3(1-11)4(10)2-12-7(5)13(14)15/h2,6H. The van der Waals surface area contributed by atoms with Crippen LogP contribution in [0.3, 0.4) is 0 Å². The Bertz CT molecular complexity index is 458. The average molecular weight is 325 g/mol. The molecule has 0 atom stereocenters. The Morgan fingerprint density at radius 2 is 2.27 bits per heavy atom. The van der Waals surface area contributed by atoms with Crippen molar-refractivity contribution in [3.05, 3.63) is 31.0 Å². The van der Waals surface area contributed by atoms with Crippen molar-refractivity contribution in [3.8, 4) is 6.07 Å². The molecule has 8 heteroatoms. The molecule has 1 aromatic heterocycles. The maximum Gasteiger partial charge on any atom is 0.373 e. The van der Waals surface area contributed by atoms with Crippen LogP contribution >= 0.6 is 22.6 Å². The van der Waals surface area contributed by atoms with Crippen molar-refractivity contribution >= 4 is 28.4 Å². The molecule has 0 aromatic carbocycles. The molecular formula is C7H2F2IN3O2. The molecule has 0 saturated heterocycles. The Morgan fingerprint density at radius 3 is 2.67 bits per heavy atom. The highest BCUT2D eigenvalue weighted by atomic mass is 127. The monoisotopic (exact) mass is 325 g/mol. The first-order valence-corrected chi connectivity index (χ1v) is 4.58. The molecule has 0 amide bonds. The summed E-state index contributed by atoms with van der Waals surface area (Å²) in [5, 5.41) is 19.0. The van der Waals surface area contributed by atoms with Crippen molar-refractivity contribution < 1.29 is 13.7 Å². The highest BCUT2D eigenvalue weighted by Crippen LogP contribution is 2.32. The van der Waals surface area contributed by atoms with Gasteiger partial charge in [0.1, 0.15) is 11.6 Å². The third-order valence-electron chi connectivity index (χ3n) is 1.55. The second kappa shape index (κ2) is 4.43. The fourth-order valence-corrected chi connectivity index (χ4v) is 1.51. The molecule has 0 N–H and O–H groups in total. The Morgan fingerprint density at radius 1 is 1.67 bits per heavy atom. The van der Waals surface area contributed by atoms with Crippen molar-refractivity contribution in [1.29, 1.82) is 5.26 Å². The van der Waals surface area contributed by atoms with E-state index in [9.17, 15) is 18.9 Å². The molecule has 0 fully saturated rings. The molecule has 0 aliphatic rings. The minimum atomic E-state index is -3.10. The molecule has 0 aliphatic carbocycles. The van der Waals surface area contributed by atoms with Gasteiger partial charge in [0.15, 0.2) is 6.20 Å². The minimum absolute atomic E-state index is 0.163. The number of aromatic nitrogens is 1. The zero-order valence-electron chi connectivity index (χ0n) is 6.95. The number of pyridine rings is 1. The quantitative estimate of drug-likeness (QED) is 0.475. The smallest absolute Gasteiger partial charge is 0.358 e. The van der Waals surface area contributed by atoms with Gasteiger partial charge in [-0.1, -0.05) is 0 Å². The molecule has 1 rings (SSSR count). The van der Waals surface area contributed by atoms with Gasteiger partial charge in [0.2, 0.25) is 0 Å². The van der Waals surface area contributed by atoms with Gasteiger partial charge in [-0.05, 0) is 32.5 Å². The SMILES string of the molecule is N#Cc1c(I)cnc([N+](=O)[O-])c1C(F)F. The molecule has 0 aliphatic heterocycles. The van der Waals surface area contributed by atoms with Gasteiger partial charge in [-0.2, -0.15) is 5.26 Å². The van der Waals surface area contributed by atoms with E-state index in [4.69, 9.17) is 5.26 Å². The van der Waals surface area contributed by atoms with E-state index in [1.807, 2.05) is 0 Å². The van der Waals surface area contributed by atoms with Crippen LogP contribution in [0.15, 0.2) is 6.20 Å². The number of alkyl halides is 2. The predicted octanol–water partition coefficient (Wildman–Crippen LogP) is 2.40. The second-order valence-electron chi connectivity index (χ2n) is 2.39. The van der Waals surface area contributed by atoms with Crippen molar-refractivity contribution in [2.24, 2.45) is 0 Å². The van der Waals surface area contributed by atoms with E-state index >= 15 is 0 Å². The highest BCUT2D eigenvalue weighted by molar-refractivity contribution is 14.1. The lowest BCUT2D eigenvalue weighted by Crippen LogP contribution is -2.03. The number of nitriles is 1. The molecule has 1 aromatic rings. The Labute approximate surface area is 96.0 Å². The van der Waals surface area contributed by atoms with E-state index in [2.05, 4.69) is 4.98 Å². The Balaban J connectivity index is 3.58. The van der Waals surface area contributed by atoms with E-state index in [1.165, 1.54) is 6.07 Å². The number of rotatable bonds is 2. The molecule has 0 bridgehead atoms. The fraction of sp³-hybridized carbons (Fsp3) is 0.143. The van der Waals surface area contributed by atoms with E-state index in [0.717, 1.165) is 6.20 Å². The number of hydrogen-bond donors (Lipinski definition) is 0. The maximum atomic E-state index is 12.5. The van der Waals surface area contributed by atoms with Crippen LogP contribution in [-0.4, -0.2) is 9.91 Å². The minimum Gasteiger partial charge on any atom is -0.358 e. The number of hydrogen-bond acceptors (Lipinski definition) is 4. The van der Waals surface area contributed by atoms with Crippen molar-refractivity contribution in [2.45, 2.75) is 6.43 Å². The second-order valence-corrected chi connectivity index (χ2v) is 3.55. The van der Waals surface area contributed by atoms with Gasteiger partial charge in [-0.15, -0.1) is 0 Å². The summed E-state index contributed by atoms with van der Waals surface area (Å²) in [4.78, 5) is 12.6. The van der Waals surface area contributed by atoms with Gasteiger partial charge in [-0.25, -0.2) is 8.78 Å². The maximum absolute atomic E-state index is 12.5. The summed E-state index contributed by atoms with van der Waals surface area (Å²) in [5.74, 6) is -0.970. The third kappa shape index (κ3) is 2.17. The lowest BCUT2D eigenvalue weighted by Gasteiger charge is -2.03. The van der Waals surface area contributed by atoms with E-state index in [0.29, 0.717) is 0 Å². The zero-order chi connectivity index (χ0) is 11.6. The van der Waals surface area contributed by atoms with Crippen LogP contribution in [0.25, 0.3) is 0 Å². The van der Waals surface area contributed by atoms with Crippen LogP contribution in [0.5, 0.6) is 0 Å². The average Bonchev–Trinajstić information content (AvgIpc) is 2.16. The molecule has 5 nitrogen and oxygen atoms in total. The van der Waals surface area contributed by atoms with Crippen LogP contribution < -0.4 is 0 Å². The Hall–Kier alpha value is -1.37. The summed E-state index contributed by atoms with van der Waals surface area (Å²) in [5.41, 5.74) is -1.32. The molecule has 78 valence electrons. The first-order valence-electron chi connectivity index (χ1n) is 3.50.